The standard InChI is InChI=1S/C14H13Cl2N3/c1-2-12-11-6-17-7-13(11)19-14(18-12)8-3-9(15)5-10(16)4-8/h3-5,17H,2,6-7H2,1H3. The lowest BCUT2D eigenvalue weighted by Crippen LogP contribution is -2.02. The van der Waals surface area contributed by atoms with Crippen LogP contribution in [0.25, 0.3) is 11.4 Å². The van der Waals surface area contributed by atoms with Gasteiger partial charge in [0.05, 0.1) is 5.69 Å². The average Bonchev–Trinajstić information content (AvgIpc) is 2.84. The summed E-state index contributed by atoms with van der Waals surface area (Å²) in [6.45, 7) is 3.76. The highest BCUT2D eigenvalue weighted by Crippen LogP contribution is 2.27. The minimum absolute atomic E-state index is 0.600. The average molecular weight is 294 g/mol. The van der Waals surface area contributed by atoms with Crippen molar-refractivity contribution in [1.82, 2.24) is 15.3 Å². The normalized spacial score (nSPS) is 13.6. The van der Waals surface area contributed by atoms with Crippen molar-refractivity contribution in [2.75, 3.05) is 0 Å². The SMILES string of the molecule is CCc1nc(-c2cc(Cl)cc(Cl)c2)nc2c1CNC2. The Morgan fingerprint density at radius 1 is 1.11 bits per heavy atom. The van der Waals surface area contributed by atoms with Gasteiger partial charge < -0.3 is 5.32 Å². The summed E-state index contributed by atoms with van der Waals surface area (Å²) in [6.07, 6.45) is 0.897. The first-order valence-electron chi connectivity index (χ1n) is 6.23. The number of rotatable bonds is 2. The highest BCUT2D eigenvalue weighted by Gasteiger charge is 2.18. The van der Waals surface area contributed by atoms with E-state index in [-0.39, 0.29) is 0 Å². The van der Waals surface area contributed by atoms with Gasteiger partial charge in [-0.25, -0.2) is 9.97 Å². The number of benzene rings is 1. The second kappa shape index (κ2) is 5.08. The molecule has 0 saturated carbocycles. The third kappa shape index (κ3) is 2.46. The number of hydrogen-bond acceptors (Lipinski definition) is 3. The molecule has 0 atom stereocenters. The van der Waals surface area contributed by atoms with Crippen molar-refractivity contribution in [1.29, 1.82) is 0 Å². The summed E-state index contributed by atoms with van der Waals surface area (Å²) in [5.74, 6) is 0.698. The molecule has 1 aromatic carbocycles. The lowest BCUT2D eigenvalue weighted by Gasteiger charge is -2.08. The summed E-state index contributed by atoms with van der Waals surface area (Å²) in [6, 6.07) is 5.40. The Morgan fingerprint density at radius 3 is 2.53 bits per heavy atom. The Kier molecular flexibility index (Phi) is 3.44. The van der Waals surface area contributed by atoms with Crippen LogP contribution in [0.2, 0.25) is 10.0 Å². The third-order valence-corrected chi connectivity index (χ3v) is 3.66. The predicted octanol–water partition coefficient (Wildman–Crippen LogP) is 3.62. The molecule has 3 nitrogen and oxygen atoms in total. The first-order chi connectivity index (χ1) is 9.17. The van der Waals surface area contributed by atoms with Crippen LogP contribution in [0.4, 0.5) is 0 Å². The van der Waals surface area contributed by atoms with Crippen LogP contribution in [0.15, 0.2) is 18.2 Å². The molecule has 0 saturated heterocycles. The van der Waals surface area contributed by atoms with Crippen molar-refractivity contribution in [2.24, 2.45) is 0 Å². The van der Waals surface area contributed by atoms with Gasteiger partial charge in [0.2, 0.25) is 0 Å². The van der Waals surface area contributed by atoms with Crippen LogP contribution >= 0.6 is 23.2 Å². The molecule has 0 aliphatic carbocycles. The molecule has 98 valence electrons. The molecule has 0 spiro atoms. The topological polar surface area (TPSA) is 37.8 Å². The van der Waals surface area contributed by atoms with E-state index in [1.54, 1.807) is 6.07 Å². The van der Waals surface area contributed by atoms with Gasteiger partial charge >= 0.3 is 0 Å². The van der Waals surface area contributed by atoms with Gasteiger partial charge in [-0.15, -0.1) is 0 Å². The molecule has 0 fully saturated rings. The molecule has 0 bridgehead atoms. The number of aromatic nitrogens is 2. The summed E-state index contributed by atoms with van der Waals surface area (Å²) >= 11 is 12.1. The van der Waals surface area contributed by atoms with Gasteiger partial charge in [-0.2, -0.15) is 0 Å². The molecular weight excluding hydrogens is 281 g/mol. The van der Waals surface area contributed by atoms with Crippen LogP contribution in [-0.2, 0) is 19.5 Å². The quantitative estimate of drug-likeness (QED) is 0.919. The predicted molar refractivity (Wildman–Crippen MR) is 77.4 cm³/mol. The highest BCUT2D eigenvalue weighted by molar-refractivity contribution is 6.35. The molecule has 19 heavy (non-hydrogen) atoms. The molecule has 2 heterocycles. The number of aryl methyl sites for hydroxylation is 1. The molecule has 5 heteroatoms. The third-order valence-electron chi connectivity index (χ3n) is 3.23. The van der Waals surface area contributed by atoms with E-state index < -0.39 is 0 Å². The molecule has 3 rings (SSSR count). The first kappa shape index (κ1) is 12.9. The van der Waals surface area contributed by atoms with Crippen LogP contribution in [0.1, 0.15) is 23.9 Å². The summed E-state index contributed by atoms with van der Waals surface area (Å²) in [4.78, 5) is 9.27. The van der Waals surface area contributed by atoms with Crippen LogP contribution < -0.4 is 5.32 Å². The monoisotopic (exact) mass is 293 g/mol. The van der Waals surface area contributed by atoms with E-state index >= 15 is 0 Å². The van der Waals surface area contributed by atoms with Gasteiger partial charge in [-0.05, 0) is 24.6 Å². The molecule has 1 N–H and O–H groups in total. The zero-order chi connectivity index (χ0) is 13.4. The highest BCUT2D eigenvalue weighted by atomic mass is 35.5. The zero-order valence-electron chi connectivity index (χ0n) is 10.5. The lowest BCUT2D eigenvalue weighted by atomic mass is 10.1. The fourth-order valence-electron chi connectivity index (χ4n) is 2.34. The fourth-order valence-corrected chi connectivity index (χ4v) is 2.87. The van der Waals surface area contributed by atoms with E-state index in [0.717, 1.165) is 36.5 Å². The van der Waals surface area contributed by atoms with E-state index in [1.165, 1.54) is 5.56 Å². The largest absolute Gasteiger partial charge is 0.307 e. The second-order valence-electron chi connectivity index (χ2n) is 4.53. The van der Waals surface area contributed by atoms with Crippen molar-refractivity contribution in [3.8, 4) is 11.4 Å². The molecule has 2 aromatic rings. The number of nitrogens with zero attached hydrogens (tertiary/aromatic N) is 2. The molecular formula is C14H13Cl2N3. The van der Waals surface area contributed by atoms with E-state index in [2.05, 4.69) is 22.2 Å². The maximum absolute atomic E-state index is 6.04. The Hall–Kier alpha value is -1.16. The molecule has 1 aliphatic rings. The minimum atomic E-state index is 0.600. The van der Waals surface area contributed by atoms with Crippen molar-refractivity contribution in [3.05, 3.63) is 45.2 Å². The molecule has 0 radical (unpaired) electrons. The molecule has 0 amide bonds. The van der Waals surface area contributed by atoms with E-state index in [4.69, 9.17) is 23.2 Å². The second-order valence-corrected chi connectivity index (χ2v) is 5.41. The summed E-state index contributed by atoms with van der Waals surface area (Å²) in [5.41, 5.74) is 4.28. The van der Waals surface area contributed by atoms with Gasteiger partial charge in [0.15, 0.2) is 5.82 Å². The maximum Gasteiger partial charge on any atom is 0.159 e. The molecule has 1 aliphatic heterocycles. The minimum Gasteiger partial charge on any atom is -0.307 e. The summed E-state index contributed by atoms with van der Waals surface area (Å²) < 4.78 is 0. The van der Waals surface area contributed by atoms with Gasteiger partial charge in [0.1, 0.15) is 0 Å². The number of nitrogens with one attached hydrogen (secondary N) is 1. The first-order valence-corrected chi connectivity index (χ1v) is 6.99. The van der Waals surface area contributed by atoms with Gasteiger partial charge in [0, 0.05) is 40.0 Å². The van der Waals surface area contributed by atoms with Crippen LogP contribution in [0.3, 0.4) is 0 Å². The maximum atomic E-state index is 6.04. The Balaban J connectivity index is 2.15. The zero-order valence-corrected chi connectivity index (χ0v) is 12.0. The lowest BCUT2D eigenvalue weighted by molar-refractivity contribution is 0.755. The number of fused-ring (bicyclic) bond motifs is 1. The van der Waals surface area contributed by atoms with Crippen molar-refractivity contribution < 1.29 is 0 Å². The van der Waals surface area contributed by atoms with E-state index in [9.17, 15) is 0 Å². The van der Waals surface area contributed by atoms with Crippen molar-refractivity contribution >= 4 is 23.2 Å². The van der Waals surface area contributed by atoms with Crippen molar-refractivity contribution in [3.63, 3.8) is 0 Å². The molecule has 1 aromatic heterocycles. The van der Waals surface area contributed by atoms with E-state index in [0.29, 0.717) is 15.9 Å². The Labute approximate surface area is 122 Å². The van der Waals surface area contributed by atoms with Crippen molar-refractivity contribution in [2.45, 2.75) is 26.4 Å². The van der Waals surface area contributed by atoms with E-state index in [1.807, 2.05) is 12.1 Å². The fraction of sp³-hybridized carbons (Fsp3) is 0.286. The van der Waals surface area contributed by atoms with Gasteiger partial charge in [-0.1, -0.05) is 30.1 Å². The Bertz CT molecular complexity index is 621. The number of halogens is 2. The van der Waals surface area contributed by atoms with Crippen LogP contribution in [-0.4, -0.2) is 9.97 Å². The summed E-state index contributed by atoms with van der Waals surface area (Å²) in [7, 11) is 0. The number of hydrogen-bond donors (Lipinski definition) is 1. The van der Waals surface area contributed by atoms with Gasteiger partial charge in [0.25, 0.3) is 0 Å². The van der Waals surface area contributed by atoms with Crippen LogP contribution in [0.5, 0.6) is 0 Å². The Morgan fingerprint density at radius 2 is 1.84 bits per heavy atom. The van der Waals surface area contributed by atoms with Gasteiger partial charge in [-0.3, -0.25) is 0 Å². The van der Waals surface area contributed by atoms with Crippen LogP contribution in [0, 0.1) is 0 Å². The molecule has 0 unspecified atom stereocenters. The summed E-state index contributed by atoms with van der Waals surface area (Å²) in [5, 5.41) is 4.51. The smallest absolute Gasteiger partial charge is 0.159 e.